The summed E-state index contributed by atoms with van der Waals surface area (Å²) in [6.45, 7) is 5.17. The van der Waals surface area contributed by atoms with Crippen LogP contribution in [0.5, 0.6) is 5.88 Å². The molecule has 2 N–H and O–H groups in total. The fourth-order valence-electron chi connectivity index (χ4n) is 2.00. The van der Waals surface area contributed by atoms with E-state index in [4.69, 9.17) is 0 Å². The Morgan fingerprint density at radius 1 is 1.25 bits per heavy atom. The lowest BCUT2D eigenvalue weighted by Crippen LogP contribution is -2.27. The Morgan fingerprint density at radius 2 is 1.85 bits per heavy atom. The molecule has 0 atom stereocenters. The van der Waals surface area contributed by atoms with Crippen LogP contribution < -0.4 is 10.5 Å². The van der Waals surface area contributed by atoms with Crippen molar-refractivity contribution in [2.45, 2.75) is 13.8 Å². The molecule has 0 spiro atoms. The molecule has 0 saturated carbocycles. The number of nitrogens with zero attached hydrogens (tertiary/aromatic N) is 2. The van der Waals surface area contributed by atoms with Crippen molar-refractivity contribution >= 4 is 5.95 Å². The van der Waals surface area contributed by atoms with E-state index in [1.807, 2.05) is 18.7 Å². The van der Waals surface area contributed by atoms with E-state index in [0.717, 1.165) is 0 Å². The van der Waals surface area contributed by atoms with Crippen LogP contribution in [-0.4, -0.2) is 28.2 Å². The molecule has 0 radical (unpaired) electrons. The second-order valence-corrected chi connectivity index (χ2v) is 4.27. The number of H-pyrrole nitrogens is 1. The number of anilines is 1. The standard InChI is InChI=1S/C14H16FN3O2/c1-3-18(4-2)14-16-12(19)11(13(20)17-14)9-5-7-10(15)8-6-9/h5-8H,3-4H2,1-2H3,(H2,16,17,19,20). The monoisotopic (exact) mass is 277 g/mol. The van der Waals surface area contributed by atoms with Gasteiger partial charge in [0.05, 0.1) is 0 Å². The van der Waals surface area contributed by atoms with Gasteiger partial charge in [-0.1, -0.05) is 12.1 Å². The maximum absolute atomic E-state index is 12.9. The first-order valence-electron chi connectivity index (χ1n) is 6.41. The molecule has 0 aliphatic carbocycles. The fourth-order valence-corrected chi connectivity index (χ4v) is 2.00. The van der Waals surface area contributed by atoms with Gasteiger partial charge >= 0.3 is 0 Å². The van der Waals surface area contributed by atoms with Crippen molar-refractivity contribution < 1.29 is 9.50 Å². The van der Waals surface area contributed by atoms with Crippen LogP contribution >= 0.6 is 0 Å². The fraction of sp³-hybridized carbons (Fsp3) is 0.286. The van der Waals surface area contributed by atoms with Crippen LogP contribution in [0.4, 0.5) is 10.3 Å². The van der Waals surface area contributed by atoms with E-state index in [-0.39, 0.29) is 11.4 Å². The highest BCUT2D eigenvalue weighted by atomic mass is 19.1. The average Bonchev–Trinajstić information content (AvgIpc) is 2.41. The van der Waals surface area contributed by atoms with Crippen molar-refractivity contribution in [3.05, 3.63) is 40.4 Å². The lowest BCUT2D eigenvalue weighted by atomic mass is 10.1. The summed E-state index contributed by atoms with van der Waals surface area (Å²) in [7, 11) is 0. The Morgan fingerprint density at radius 3 is 2.35 bits per heavy atom. The van der Waals surface area contributed by atoms with E-state index in [0.29, 0.717) is 24.6 Å². The summed E-state index contributed by atoms with van der Waals surface area (Å²) in [6, 6.07) is 5.32. The smallest absolute Gasteiger partial charge is 0.264 e. The molecule has 0 saturated heterocycles. The van der Waals surface area contributed by atoms with Crippen molar-refractivity contribution in [3.63, 3.8) is 0 Å². The molecule has 2 rings (SSSR count). The van der Waals surface area contributed by atoms with Gasteiger partial charge in [0.25, 0.3) is 5.56 Å². The molecule has 2 aromatic rings. The largest absolute Gasteiger partial charge is 0.493 e. The molecule has 20 heavy (non-hydrogen) atoms. The van der Waals surface area contributed by atoms with Gasteiger partial charge in [-0.05, 0) is 31.5 Å². The first kappa shape index (κ1) is 14.0. The van der Waals surface area contributed by atoms with Crippen molar-refractivity contribution in [1.82, 2.24) is 9.97 Å². The summed E-state index contributed by atoms with van der Waals surface area (Å²) in [4.78, 5) is 20.6. The second kappa shape index (κ2) is 5.73. The maximum atomic E-state index is 12.9. The van der Waals surface area contributed by atoms with Gasteiger partial charge in [0.1, 0.15) is 11.4 Å². The summed E-state index contributed by atoms with van der Waals surface area (Å²) < 4.78 is 12.9. The Bertz CT molecular complexity index is 648. The van der Waals surface area contributed by atoms with Crippen molar-refractivity contribution in [2.75, 3.05) is 18.0 Å². The third-order valence-electron chi connectivity index (χ3n) is 3.08. The van der Waals surface area contributed by atoms with E-state index in [2.05, 4.69) is 9.97 Å². The summed E-state index contributed by atoms with van der Waals surface area (Å²) in [5, 5.41) is 9.98. The molecular formula is C14H16FN3O2. The van der Waals surface area contributed by atoms with Crippen molar-refractivity contribution in [1.29, 1.82) is 0 Å². The number of rotatable bonds is 4. The lowest BCUT2D eigenvalue weighted by molar-refractivity contribution is 0.453. The van der Waals surface area contributed by atoms with Crippen molar-refractivity contribution in [3.8, 4) is 17.0 Å². The molecule has 106 valence electrons. The van der Waals surface area contributed by atoms with Gasteiger partial charge in [-0.2, -0.15) is 4.98 Å². The number of hydrogen-bond donors (Lipinski definition) is 2. The van der Waals surface area contributed by atoms with Crippen LogP contribution in [0.1, 0.15) is 13.8 Å². The second-order valence-electron chi connectivity index (χ2n) is 4.27. The van der Waals surface area contributed by atoms with Gasteiger partial charge in [0.2, 0.25) is 11.8 Å². The number of aromatic nitrogens is 2. The highest BCUT2D eigenvalue weighted by Crippen LogP contribution is 2.24. The first-order chi connectivity index (χ1) is 9.56. The van der Waals surface area contributed by atoms with E-state index in [1.165, 1.54) is 24.3 Å². The molecule has 6 heteroatoms. The van der Waals surface area contributed by atoms with E-state index >= 15 is 0 Å². The molecule has 1 aromatic carbocycles. The maximum Gasteiger partial charge on any atom is 0.264 e. The minimum atomic E-state index is -0.453. The van der Waals surface area contributed by atoms with E-state index in [1.54, 1.807) is 0 Å². The number of benzene rings is 1. The third kappa shape index (κ3) is 2.64. The Balaban J connectivity index is 2.51. The van der Waals surface area contributed by atoms with E-state index < -0.39 is 11.4 Å². The van der Waals surface area contributed by atoms with Gasteiger partial charge in [-0.25, -0.2) is 4.39 Å². The quantitative estimate of drug-likeness (QED) is 0.898. The Kier molecular flexibility index (Phi) is 4.02. The van der Waals surface area contributed by atoms with Crippen LogP contribution in [0.3, 0.4) is 0 Å². The molecule has 1 heterocycles. The zero-order chi connectivity index (χ0) is 14.7. The molecule has 0 aliphatic heterocycles. The number of aromatic amines is 1. The van der Waals surface area contributed by atoms with Gasteiger partial charge in [0.15, 0.2) is 0 Å². The molecule has 0 aliphatic rings. The van der Waals surface area contributed by atoms with Crippen LogP contribution in [0, 0.1) is 5.82 Å². The lowest BCUT2D eigenvalue weighted by Gasteiger charge is -2.19. The molecule has 0 fully saturated rings. The summed E-state index contributed by atoms with van der Waals surface area (Å²) in [6.07, 6.45) is 0. The van der Waals surface area contributed by atoms with Gasteiger partial charge in [0, 0.05) is 13.1 Å². The zero-order valence-electron chi connectivity index (χ0n) is 11.4. The first-order valence-corrected chi connectivity index (χ1v) is 6.41. The summed E-state index contributed by atoms with van der Waals surface area (Å²) in [5.41, 5.74) is 0.00987. The molecule has 0 amide bonds. The summed E-state index contributed by atoms with van der Waals surface area (Å²) in [5.74, 6) is -0.442. The SMILES string of the molecule is CCN(CC)c1nc(O)c(-c2ccc(F)cc2)c(=O)[nH]1. The number of nitrogens with one attached hydrogen (secondary N) is 1. The van der Waals surface area contributed by atoms with Crippen LogP contribution in [0.25, 0.3) is 11.1 Å². The van der Waals surface area contributed by atoms with E-state index in [9.17, 15) is 14.3 Å². The third-order valence-corrected chi connectivity index (χ3v) is 3.08. The zero-order valence-corrected chi connectivity index (χ0v) is 11.4. The number of halogens is 1. The normalized spacial score (nSPS) is 10.6. The van der Waals surface area contributed by atoms with Gasteiger partial charge in [-0.15, -0.1) is 0 Å². The molecular weight excluding hydrogens is 261 g/mol. The van der Waals surface area contributed by atoms with Crippen molar-refractivity contribution in [2.24, 2.45) is 0 Å². The minimum Gasteiger partial charge on any atom is -0.493 e. The summed E-state index contributed by atoms with van der Waals surface area (Å²) >= 11 is 0. The highest BCUT2D eigenvalue weighted by molar-refractivity contribution is 5.67. The topological polar surface area (TPSA) is 69.2 Å². The average molecular weight is 277 g/mol. The van der Waals surface area contributed by atoms with Gasteiger partial charge in [-0.3, -0.25) is 9.78 Å². The van der Waals surface area contributed by atoms with Crippen LogP contribution in [0.2, 0.25) is 0 Å². The minimum absolute atomic E-state index is 0.0425. The predicted octanol–water partition coefficient (Wildman–Crippen LogP) is 2.13. The molecule has 0 bridgehead atoms. The predicted molar refractivity (Wildman–Crippen MR) is 75.5 cm³/mol. The molecule has 1 aromatic heterocycles. The van der Waals surface area contributed by atoms with Gasteiger partial charge < -0.3 is 10.0 Å². The Hall–Kier alpha value is -2.37. The molecule has 5 nitrogen and oxygen atoms in total. The Labute approximate surface area is 115 Å². The van der Waals surface area contributed by atoms with Crippen LogP contribution in [-0.2, 0) is 0 Å². The number of hydrogen-bond acceptors (Lipinski definition) is 4. The number of aromatic hydroxyl groups is 1. The molecule has 0 unspecified atom stereocenters. The highest BCUT2D eigenvalue weighted by Gasteiger charge is 2.15. The van der Waals surface area contributed by atoms with Crippen LogP contribution in [0.15, 0.2) is 29.1 Å².